The van der Waals surface area contributed by atoms with Gasteiger partial charge in [-0.3, -0.25) is 0 Å². The first-order valence-electron chi connectivity index (χ1n) is 5.98. The summed E-state index contributed by atoms with van der Waals surface area (Å²) in [5.74, 6) is 0. The van der Waals surface area contributed by atoms with Crippen molar-refractivity contribution >= 4 is 21.8 Å². The number of fused-ring (bicyclic) bond motifs is 3. The number of para-hydroxylation sites is 2. The van der Waals surface area contributed by atoms with Gasteiger partial charge in [-0.25, -0.2) is 0 Å². The smallest absolute Gasteiger partial charge is 0.0491 e. The van der Waals surface area contributed by atoms with E-state index >= 15 is 0 Å². The van der Waals surface area contributed by atoms with Crippen LogP contribution in [-0.2, 0) is 6.54 Å². The maximum atomic E-state index is 3.81. The maximum Gasteiger partial charge on any atom is 0.0491 e. The molecule has 1 aromatic heterocycles. The lowest BCUT2D eigenvalue weighted by Crippen LogP contribution is -1.95. The summed E-state index contributed by atoms with van der Waals surface area (Å²) in [6.07, 6.45) is 2.98. The molecule has 84 valence electrons. The van der Waals surface area contributed by atoms with E-state index in [0.717, 1.165) is 13.0 Å². The van der Waals surface area contributed by atoms with E-state index in [1.165, 1.54) is 21.8 Å². The molecular weight excluding hydrogens is 206 g/mol. The Kier molecular flexibility index (Phi) is 2.45. The minimum atomic E-state index is 0.998. The first kappa shape index (κ1) is 10.2. The van der Waals surface area contributed by atoms with Crippen LogP contribution in [0.25, 0.3) is 21.8 Å². The molecule has 2 aromatic carbocycles. The molecule has 0 bridgehead atoms. The molecule has 0 radical (unpaired) electrons. The molecular formula is C16H15N. The lowest BCUT2D eigenvalue weighted by molar-refractivity contribution is 0.763. The average Bonchev–Trinajstić information content (AvgIpc) is 2.71. The molecule has 0 aliphatic carbocycles. The van der Waals surface area contributed by atoms with Crippen LogP contribution in [0.1, 0.15) is 6.42 Å². The number of hydrogen-bond donors (Lipinski definition) is 0. The highest BCUT2D eigenvalue weighted by atomic mass is 15.0. The van der Waals surface area contributed by atoms with E-state index in [1.807, 2.05) is 6.08 Å². The third kappa shape index (κ3) is 1.55. The fourth-order valence-corrected chi connectivity index (χ4v) is 2.46. The SMILES string of the molecule is C=CCCn1c2ccccc2c2ccccc21. The van der Waals surface area contributed by atoms with E-state index in [4.69, 9.17) is 0 Å². The molecule has 0 saturated heterocycles. The van der Waals surface area contributed by atoms with Crippen LogP contribution < -0.4 is 0 Å². The summed E-state index contributed by atoms with van der Waals surface area (Å²) in [5, 5.41) is 2.68. The van der Waals surface area contributed by atoms with Gasteiger partial charge in [0.2, 0.25) is 0 Å². The number of rotatable bonds is 3. The third-order valence-corrected chi connectivity index (χ3v) is 3.24. The van der Waals surface area contributed by atoms with Gasteiger partial charge < -0.3 is 4.57 Å². The largest absolute Gasteiger partial charge is 0.340 e. The molecule has 0 amide bonds. The van der Waals surface area contributed by atoms with Crippen molar-refractivity contribution in [2.45, 2.75) is 13.0 Å². The monoisotopic (exact) mass is 221 g/mol. The predicted octanol–water partition coefficient (Wildman–Crippen LogP) is 4.37. The van der Waals surface area contributed by atoms with Crippen molar-refractivity contribution in [2.75, 3.05) is 0 Å². The normalized spacial score (nSPS) is 11.1. The van der Waals surface area contributed by atoms with Crippen LogP contribution in [0.4, 0.5) is 0 Å². The van der Waals surface area contributed by atoms with Gasteiger partial charge >= 0.3 is 0 Å². The van der Waals surface area contributed by atoms with Gasteiger partial charge in [-0.15, -0.1) is 6.58 Å². The fourth-order valence-electron chi connectivity index (χ4n) is 2.46. The lowest BCUT2D eigenvalue weighted by atomic mass is 10.2. The first-order chi connectivity index (χ1) is 8.42. The summed E-state index contributed by atoms with van der Waals surface area (Å²) in [4.78, 5) is 0. The Hall–Kier alpha value is -2.02. The molecule has 17 heavy (non-hydrogen) atoms. The van der Waals surface area contributed by atoms with E-state index < -0.39 is 0 Å². The molecule has 3 rings (SSSR count). The molecule has 0 saturated carbocycles. The summed E-state index contributed by atoms with van der Waals surface area (Å²) < 4.78 is 2.38. The molecule has 1 heterocycles. The zero-order chi connectivity index (χ0) is 11.7. The van der Waals surface area contributed by atoms with Crippen LogP contribution in [0, 0.1) is 0 Å². The van der Waals surface area contributed by atoms with Crippen LogP contribution in [0.5, 0.6) is 0 Å². The second kappa shape index (κ2) is 4.10. The zero-order valence-electron chi connectivity index (χ0n) is 9.76. The van der Waals surface area contributed by atoms with Gasteiger partial charge in [0.15, 0.2) is 0 Å². The molecule has 1 heteroatoms. The van der Waals surface area contributed by atoms with Crippen molar-refractivity contribution in [1.29, 1.82) is 0 Å². The van der Waals surface area contributed by atoms with Crippen LogP contribution in [0.3, 0.4) is 0 Å². The van der Waals surface area contributed by atoms with Gasteiger partial charge in [-0.2, -0.15) is 0 Å². The Morgan fingerprint density at radius 3 is 1.94 bits per heavy atom. The number of aryl methyl sites for hydroxylation is 1. The second-order valence-corrected chi connectivity index (χ2v) is 4.26. The lowest BCUT2D eigenvalue weighted by Gasteiger charge is -2.04. The van der Waals surface area contributed by atoms with Crippen LogP contribution >= 0.6 is 0 Å². The quantitative estimate of drug-likeness (QED) is 0.579. The molecule has 0 unspecified atom stereocenters. The molecule has 0 spiro atoms. The van der Waals surface area contributed by atoms with E-state index in [2.05, 4.69) is 59.7 Å². The zero-order valence-corrected chi connectivity index (χ0v) is 9.76. The Morgan fingerprint density at radius 2 is 1.41 bits per heavy atom. The van der Waals surface area contributed by atoms with Gasteiger partial charge in [0.1, 0.15) is 0 Å². The highest BCUT2D eigenvalue weighted by Gasteiger charge is 2.07. The third-order valence-electron chi connectivity index (χ3n) is 3.24. The Balaban J connectivity index is 2.37. The summed E-state index contributed by atoms with van der Waals surface area (Å²) in [5.41, 5.74) is 2.63. The Labute approximate surface area is 101 Å². The predicted molar refractivity (Wildman–Crippen MR) is 74.3 cm³/mol. The standard InChI is InChI=1S/C16H15N/c1-2-3-12-17-15-10-6-4-8-13(15)14-9-5-7-11-16(14)17/h2,4-11H,1,3,12H2. The van der Waals surface area contributed by atoms with E-state index in [9.17, 15) is 0 Å². The van der Waals surface area contributed by atoms with Gasteiger partial charge in [0.25, 0.3) is 0 Å². The molecule has 0 N–H and O–H groups in total. The van der Waals surface area contributed by atoms with E-state index in [1.54, 1.807) is 0 Å². The minimum Gasteiger partial charge on any atom is -0.340 e. The molecule has 0 fully saturated rings. The number of benzene rings is 2. The van der Waals surface area contributed by atoms with Crippen molar-refractivity contribution in [3.8, 4) is 0 Å². The van der Waals surface area contributed by atoms with Gasteiger partial charge in [0.05, 0.1) is 0 Å². The number of hydrogen-bond acceptors (Lipinski definition) is 0. The van der Waals surface area contributed by atoms with Crippen molar-refractivity contribution in [3.63, 3.8) is 0 Å². The Bertz CT molecular complexity index is 623. The summed E-state index contributed by atoms with van der Waals surface area (Å²) >= 11 is 0. The number of allylic oxidation sites excluding steroid dienone is 1. The molecule has 1 nitrogen and oxygen atoms in total. The van der Waals surface area contributed by atoms with Crippen LogP contribution in [-0.4, -0.2) is 4.57 Å². The van der Waals surface area contributed by atoms with Crippen LogP contribution in [0.2, 0.25) is 0 Å². The average molecular weight is 221 g/mol. The van der Waals surface area contributed by atoms with Crippen molar-refractivity contribution in [1.82, 2.24) is 4.57 Å². The van der Waals surface area contributed by atoms with Crippen LogP contribution in [0.15, 0.2) is 61.2 Å². The molecule has 0 aliphatic heterocycles. The fraction of sp³-hybridized carbons (Fsp3) is 0.125. The van der Waals surface area contributed by atoms with Crippen molar-refractivity contribution in [3.05, 3.63) is 61.2 Å². The maximum absolute atomic E-state index is 3.81. The van der Waals surface area contributed by atoms with Gasteiger partial charge in [-0.05, 0) is 18.6 Å². The number of aromatic nitrogens is 1. The Morgan fingerprint density at radius 1 is 0.882 bits per heavy atom. The van der Waals surface area contributed by atoms with E-state index in [-0.39, 0.29) is 0 Å². The van der Waals surface area contributed by atoms with Crippen molar-refractivity contribution in [2.24, 2.45) is 0 Å². The number of nitrogens with zero attached hydrogens (tertiary/aromatic N) is 1. The summed E-state index contributed by atoms with van der Waals surface area (Å²) in [6.45, 7) is 4.80. The molecule has 3 aromatic rings. The second-order valence-electron chi connectivity index (χ2n) is 4.26. The first-order valence-corrected chi connectivity index (χ1v) is 5.98. The van der Waals surface area contributed by atoms with Crippen molar-refractivity contribution < 1.29 is 0 Å². The molecule has 0 atom stereocenters. The molecule has 0 aliphatic rings. The van der Waals surface area contributed by atoms with E-state index in [0.29, 0.717) is 0 Å². The highest BCUT2D eigenvalue weighted by Crippen LogP contribution is 2.28. The minimum absolute atomic E-state index is 0.998. The summed E-state index contributed by atoms with van der Waals surface area (Å²) in [6, 6.07) is 17.2. The van der Waals surface area contributed by atoms with Gasteiger partial charge in [0, 0.05) is 28.4 Å². The van der Waals surface area contributed by atoms with Gasteiger partial charge in [-0.1, -0.05) is 42.5 Å². The summed E-state index contributed by atoms with van der Waals surface area (Å²) in [7, 11) is 0. The highest BCUT2D eigenvalue weighted by molar-refractivity contribution is 6.07. The topological polar surface area (TPSA) is 4.93 Å².